The summed E-state index contributed by atoms with van der Waals surface area (Å²) in [6, 6.07) is 12.7. The monoisotopic (exact) mass is 317 g/mol. The Balaban J connectivity index is 2.08. The number of hydrogen-bond acceptors (Lipinski definition) is 3. The lowest BCUT2D eigenvalue weighted by molar-refractivity contribution is 0.118. The van der Waals surface area contributed by atoms with Crippen LogP contribution in [0.4, 0.5) is 5.69 Å². The highest BCUT2D eigenvalue weighted by Gasteiger charge is 2.36. The summed E-state index contributed by atoms with van der Waals surface area (Å²) in [6.45, 7) is 4.24. The molecule has 1 aliphatic heterocycles. The molecule has 3 rings (SSSR count). The highest BCUT2D eigenvalue weighted by molar-refractivity contribution is 7.92. The van der Waals surface area contributed by atoms with Gasteiger partial charge < -0.3 is 4.74 Å². The summed E-state index contributed by atoms with van der Waals surface area (Å²) in [5, 5.41) is 0. The maximum absolute atomic E-state index is 12.9. The predicted octanol–water partition coefficient (Wildman–Crippen LogP) is 3.20. The van der Waals surface area contributed by atoms with Crippen molar-refractivity contribution >= 4 is 15.7 Å². The Bertz CT molecular complexity index is 797. The molecule has 1 atom stereocenters. The maximum atomic E-state index is 12.9. The molecule has 116 valence electrons. The second-order valence-electron chi connectivity index (χ2n) is 5.64. The van der Waals surface area contributed by atoms with Gasteiger partial charge in [0.05, 0.1) is 17.1 Å². The molecule has 5 heteroatoms. The van der Waals surface area contributed by atoms with Crippen molar-refractivity contribution in [3.8, 4) is 0 Å². The lowest BCUT2D eigenvalue weighted by Gasteiger charge is -2.20. The third kappa shape index (κ3) is 2.40. The first-order valence-corrected chi connectivity index (χ1v) is 8.60. The number of rotatable bonds is 3. The first-order chi connectivity index (χ1) is 10.4. The number of nitrogens with zero attached hydrogens (tertiary/aromatic N) is 1. The van der Waals surface area contributed by atoms with Gasteiger partial charge in [0.1, 0.15) is 6.10 Å². The van der Waals surface area contributed by atoms with Crippen LogP contribution in [-0.2, 0) is 14.8 Å². The smallest absolute Gasteiger partial charge is 0.264 e. The van der Waals surface area contributed by atoms with E-state index < -0.39 is 10.0 Å². The molecule has 0 saturated heterocycles. The summed E-state index contributed by atoms with van der Waals surface area (Å²) < 4.78 is 32.8. The fourth-order valence-electron chi connectivity index (χ4n) is 2.77. The van der Waals surface area contributed by atoms with Crippen LogP contribution in [0, 0.1) is 13.8 Å². The summed E-state index contributed by atoms with van der Waals surface area (Å²) >= 11 is 0. The SMILES string of the molecule is COC1CN(S(=O)(=O)c2ccc(C)cc2)c2ccc(C)cc21. The quantitative estimate of drug-likeness (QED) is 0.873. The Labute approximate surface area is 131 Å². The van der Waals surface area contributed by atoms with Gasteiger partial charge in [-0.25, -0.2) is 8.42 Å². The number of sulfonamides is 1. The molecule has 2 aromatic carbocycles. The summed E-state index contributed by atoms with van der Waals surface area (Å²) in [7, 11) is -1.96. The second-order valence-corrected chi connectivity index (χ2v) is 7.50. The number of ether oxygens (including phenoxy) is 1. The molecule has 0 N–H and O–H groups in total. The van der Waals surface area contributed by atoms with Gasteiger partial charge in [-0.1, -0.05) is 35.4 Å². The van der Waals surface area contributed by atoms with Crippen molar-refractivity contribution in [1.82, 2.24) is 0 Å². The van der Waals surface area contributed by atoms with Crippen LogP contribution in [0.1, 0.15) is 22.8 Å². The largest absolute Gasteiger partial charge is 0.375 e. The van der Waals surface area contributed by atoms with Gasteiger partial charge in [-0.15, -0.1) is 0 Å². The van der Waals surface area contributed by atoms with Crippen molar-refractivity contribution in [2.45, 2.75) is 24.8 Å². The molecular weight excluding hydrogens is 298 g/mol. The van der Waals surface area contributed by atoms with E-state index in [0.29, 0.717) is 17.1 Å². The van der Waals surface area contributed by atoms with Gasteiger partial charge >= 0.3 is 0 Å². The number of hydrogen-bond donors (Lipinski definition) is 0. The molecule has 1 unspecified atom stereocenters. The van der Waals surface area contributed by atoms with E-state index in [1.165, 1.54) is 4.31 Å². The average molecular weight is 317 g/mol. The van der Waals surface area contributed by atoms with E-state index in [1.807, 2.05) is 44.2 Å². The van der Waals surface area contributed by atoms with Crippen molar-refractivity contribution < 1.29 is 13.2 Å². The summed E-state index contributed by atoms with van der Waals surface area (Å²) in [5.41, 5.74) is 3.76. The Morgan fingerprint density at radius 1 is 1.05 bits per heavy atom. The first-order valence-electron chi connectivity index (χ1n) is 7.16. The van der Waals surface area contributed by atoms with Gasteiger partial charge in [0, 0.05) is 12.7 Å². The fraction of sp³-hybridized carbons (Fsp3) is 0.294. The molecule has 1 heterocycles. The number of methoxy groups -OCH3 is 1. The minimum Gasteiger partial charge on any atom is -0.375 e. The third-order valence-corrected chi connectivity index (χ3v) is 5.82. The third-order valence-electron chi connectivity index (χ3n) is 4.02. The van der Waals surface area contributed by atoms with E-state index in [9.17, 15) is 8.42 Å². The zero-order valence-electron chi connectivity index (χ0n) is 12.9. The molecule has 0 amide bonds. The van der Waals surface area contributed by atoms with Crippen molar-refractivity contribution in [3.63, 3.8) is 0 Å². The normalized spacial score (nSPS) is 17.6. The summed E-state index contributed by atoms with van der Waals surface area (Å²) in [4.78, 5) is 0.307. The van der Waals surface area contributed by atoms with E-state index in [4.69, 9.17) is 4.74 Å². The van der Waals surface area contributed by atoms with Crippen LogP contribution in [0.25, 0.3) is 0 Å². The Morgan fingerprint density at radius 3 is 2.32 bits per heavy atom. The molecule has 0 aromatic heterocycles. The molecule has 2 aromatic rings. The van der Waals surface area contributed by atoms with Gasteiger partial charge in [-0.2, -0.15) is 0 Å². The molecule has 0 fully saturated rings. The molecular formula is C17H19NO3S. The van der Waals surface area contributed by atoms with Crippen LogP contribution in [0.15, 0.2) is 47.4 Å². The highest BCUT2D eigenvalue weighted by atomic mass is 32.2. The molecule has 1 aliphatic rings. The van der Waals surface area contributed by atoms with E-state index in [2.05, 4.69) is 0 Å². The van der Waals surface area contributed by atoms with Crippen molar-refractivity contribution in [2.24, 2.45) is 0 Å². The fourth-order valence-corrected chi connectivity index (χ4v) is 4.26. The minimum atomic E-state index is -3.57. The number of aryl methyl sites for hydroxylation is 2. The zero-order chi connectivity index (χ0) is 15.9. The van der Waals surface area contributed by atoms with Gasteiger partial charge in [0.15, 0.2) is 0 Å². The second kappa shape index (κ2) is 5.41. The van der Waals surface area contributed by atoms with Gasteiger partial charge in [-0.3, -0.25) is 4.31 Å². The Morgan fingerprint density at radius 2 is 1.68 bits per heavy atom. The van der Waals surface area contributed by atoms with Crippen molar-refractivity contribution in [1.29, 1.82) is 0 Å². The van der Waals surface area contributed by atoms with E-state index in [1.54, 1.807) is 19.2 Å². The van der Waals surface area contributed by atoms with Crippen molar-refractivity contribution in [2.75, 3.05) is 18.0 Å². The first kappa shape index (κ1) is 15.1. The molecule has 0 bridgehead atoms. The van der Waals surface area contributed by atoms with Crippen LogP contribution in [0.5, 0.6) is 0 Å². The number of anilines is 1. The number of benzene rings is 2. The maximum Gasteiger partial charge on any atom is 0.264 e. The highest BCUT2D eigenvalue weighted by Crippen LogP contribution is 2.40. The lowest BCUT2D eigenvalue weighted by atomic mass is 10.1. The molecule has 0 saturated carbocycles. The zero-order valence-corrected chi connectivity index (χ0v) is 13.7. The van der Waals surface area contributed by atoms with Crippen LogP contribution in [0.2, 0.25) is 0 Å². The summed E-state index contributed by atoms with van der Waals surface area (Å²) in [5.74, 6) is 0. The van der Waals surface area contributed by atoms with Crippen LogP contribution < -0.4 is 4.31 Å². The molecule has 0 aliphatic carbocycles. The molecule has 0 spiro atoms. The summed E-state index contributed by atoms with van der Waals surface area (Å²) in [6.07, 6.45) is -0.227. The topological polar surface area (TPSA) is 46.6 Å². The Kier molecular flexibility index (Phi) is 3.70. The standard InChI is InChI=1S/C17H19NO3S/c1-12-4-7-14(8-5-12)22(19,20)18-11-17(21-3)15-10-13(2)6-9-16(15)18/h4-10,17H,11H2,1-3H3. The van der Waals surface area contributed by atoms with Crippen LogP contribution in [-0.4, -0.2) is 22.1 Å². The van der Waals surface area contributed by atoms with Crippen molar-refractivity contribution in [3.05, 3.63) is 59.2 Å². The van der Waals surface area contributed by atoms with Gasteiger partial charge in [0.2, 0.25) is 0 Å². The average Bonchev–Trinajstić information content (AvgIpc) is 2.86. The van der Waals surface area contributed by atoms with E-state index in [-0.39, 0.29) is 6.10 Å². The van der Waals surface area contributed by atoms with E-state index >= 15 is 0 Å². The van der Waals surface area contributed by atoms with Gasteiger partial charge in [0.25, 0.3) is 10.0 Å². The molecule has 4 nitrogen and oxygen atoms in total. The van der Waals surface area contributed by atoms with Crippen LogP contribution in [0.3, 0.4) is 0 Å². The van der Waals surface area contributed by atoms with Gasteiger partial charge in [-0.05, 0) is 32.0 Å². The molecule has 22 heavy (non-hydrogen) atoms. The predicted molar refractivity (Wildman–Crippen MR) is 86.6 cm³/mol. The van der Waals surface area contributed by atoms with Crippen LogP contribution >= 0.6 is 0 Å². The number of fused-ring (bicyclic) bond motifs is 1. The molecule has 0 radical (unpaired) electrons. The van der Waals surface area contributed by atoms with E-state index in [0.717, 1.165) is 16.7 Å². The lowest BCUT2D eigenvalue weighted by Crippen LogP contribution is -2.30. The minimum absolute atomic E-state index is 0.227. The Hall–Kier alpha value is -1.85.